The Kier molecular flexibility index (Phi) is 3.67. The fourth-order valence-corrected chi connectivity index (χ4v) is 3.63. The summed E-state index contributed by atoms with van der Waals surface area (Å²) in [7, 11) is 0. The van der Waals surface area contributed by atoms with Gasteiger partial charge in [-0.3, -0.25) is 0 Å². The first-order valence-corrected chi connectivity index (χ1v) is 7.85. The number of nitrogens with zero attached hydrogens (tertiary/aromatic N) is 1. The van der Waals surface area contributed by atoms with Gasteiger partial charge in [-0.2, -0.15) is 0 Å². The standard InChI is InChI=1S/C16H20N2S/c1-11-7-8-15(14-6-4-3-5-13(11)14)17-9-16-18-12(2)10-19-16/h3-6,10-11,15,17H,7-9H2,1-2H3. The lowest BCUT2D eigenvalue weighted by atomic mass is 9.81. The molecule has 3 heteroatoms. The Balaban J connectivity index is 1.74. The molecule has 100 valence electrons. The molecule has 1 aromatic heterocycles. The summed E-state index contributed by atoms with van der Waals surface area (Å²) < 4.78 is 0. The van der Waals surface area contributed by atoms with Gasteiger partial charge in [-0.1, -0.05) is 31.2 Å². The van der Waals surface area contributed by atoms with E-state index in [2.05, 4.69) is 53.8 Å². The fraction of sp³-hybridized carbons (Fsp3) is 0.438. The molecule has 0 saturated carbocycles. The van der Waals surface area contributed by atoms with Crippen molar-refractivity contribution in [1.29, 1.82) is 0 Å². The zero-order valence-electron chi connectivity index (χ0n) is 11.5. The molecule has 0 bridgehead atoms. The Morgan fingerprint density at radius 1 is 1.26 bits per heavy atom. The maximum absolute atomic E-state index is 4.52. The van der Waals surface area contributed by atoms with E-state index in [1.807, 2.05) is 0 Å². The number of hydrogen-bond donors (Lipinski definition) is 1. The van der Waals surface area contributed by atoms with E-state index < -0.39 is 0 Å². The van der Waals surface area contributed by atoms with Crippen LogP contribution in [0.2, 0.25) is 0 Å². The molecule has 1 aliphatic rings. The molecular weight excluding hydrogens is 252 g/mol. The van der Waals surface area contributed by atoms with Crippen molar-refractivity contribution in [1.82, 2.24) is 10.3 Å². The van der Waals surface area contributed by atoms with Crippen molar-refractivity contribution in [3.63, 3.8) is 0 Å². The third kappa shape index (κ3) is 2.72. The van der Waals surface area contributed by atoms with Crippen molar-refractivity contribution in [2.24, 2.45) is 0 Å². The maximum atomic E-state index is 4.52. The van der Waals surface area contributed by atoms with E-state index in [-0.39, 0.29) is 0 Å². The first-order valence-electron chi connectivity index (χ1n) is 6.97. The number of aryl methyl sites for hydroxylation is 1. The van der Waals surface area contributed by atoms with Crippen LogP contribution in [0.15, 0.2) is 29.6 Å². The normalized spacial score (nSPS) is 22.2. The van der Waals surface area contributed by atoms with Crippen LogP contribution >= 0.6 is 11.3 Å². The van der Waals surface area contributed by atoms with Crippen molar-refractivity contribution in [3.05, 3.63) is 51.5 Å². The highest BCUT2D eigenvalue weighted by molar-refractivity contribution is 7.09. The summed E-state index contributed by atoms with van der Waals surface area (Å²) >= 11 is 1.75. The zero-order chi connectivity index (χ0) is 13.2. The van der Waals surface area contributed by atoms with E-state index in [0.717, 1.165) is 12.2 Å². The number of benzene rings is 1. The highest BCUT2D eigenvalue weighted by atomic mass is 32.1. The van der Waals surface area contributed by atoms with Crippen molar-refractivity contribution in [2.75, 3.05) is 0 Å². The highest BCUT2D eigenvalue weighted by Gasteiger charge is 2.23. The van der Waals surface area contributed by atoms with Gasteiger partial charge in [0.1, 0.15) is 5.01 Å². The molecule has 0 saturated heterocycles. The maximum Gasteiger partial charge on any atom is 0.107 e. The number of thiazole rings is 1. The van der Waals surface area contributed by atoms with Crippen LogP contribution in [0.1, 0.15) is 53.6 Å². The van der Waals surface area contributed by atoms with E-state index in [4.69, 9.17) is 0 Å². The van der Waals surface area contributed by atoms with E-state index in [9.17, 15) is 0 Å². The monoisotopic (exact) mass is 272 g/mol. The Bertz CT molecular complexity index is 561. The molecule has 0 aliphatic heterocycles. The quantitative estimate of drug-likeness (QED) is 0.906. The average Bonchev–Trinajstić information content (AvgIpc) is 2.84. The summed E-state index contributed by atoms with van der Waals surface area (Å²) in [5.74, 6) is 0.691. The van der Waals surface area contributed by atoms with Crippen molar-refractivity contribution in [3.8, 4) is 0 Å². The lowest BCUT2D eigenvalue weighted by molar-refractivity contribution is 0.431. The molecule has 0 fully saturated rings. The predicted octanol–water partition coefficient (Wildman–Crippen LogP) is 4.18. The molecule has 1 aliphatic carbocycles. The Labute approximate surface area is 118 Å². The van der Waals surface area contributed by atoms with Gasteiger partial charge in [-0.25, -0.2) is 4.98 Å². The largest absolute Gasteiger partial charge is 0.304 e. The molecule has 2 nitrogen and oxygen atoms in total. The van der Waals surface area contributed by atoms with Gasteiger partial charge in [0.15, 0.2) is 0 Å². The number of hydrogen-bond acceptors (Lipinski definition) is 3. The minimum Gasteiger partial charge on any atom is -0.304 e. The van der Waals surface area contributed by atoms with Gasteiger partial charge in [0, 0.05) is 23.7 Å². The Morgan fingerprint density at radius 3 is 2.79 bits per heavy atom. The van der Waals surface area contributed by atoms with Crippen molar-refractivity contribution >= 4 is 11.3 Å². The second-order valence-electron chi connectivity index (χ2n) is 5.42. The van der Waals surface area contributed by atoms with Gasteiger partial charge in [0.05, 0.1) is 0 Å². The van der Waals surface area contributed by atoms with Crippen LogP contribution in [0.5, 0.6) is 0 Å². The van der Waals surface area contributed by atoms with Gasteiger partial charge in [0.25, 0.3) is 0 Å². The molecular formula is C16H20N2S. The average molecular weight is 272 g/mol. The summed E-state index contributed by atoms with van der Waals surface area (Å²) in [5.41, 5.74) is 4.12. The van der Waals surface area contributed by atoms with Gasteiger partial charge in [-0.15, -0.1) is 11.3 Å². The van der Waals surface area contributed by atoms with Crippen LogP contribution < -0.4 is 5.32 Å². The fourth-order valence-electron chi connectivity index (χ4n) is 2.91. The van der Waals surface area contributed by atoms with Crippen LogP contribution in [0.25, 0.3) is 0 Å². The van der Waals surface area contributed by atoms with E-state index in [1.165, 1.54) is 29.0 Å². The summed E-state index contributed by atoms with van der Waals surface area (Å²) in [6, 6.07) is 9.34. The predicted molar refractivity (Wildman–Crippen MR) is 80.5 cm³/mol. The van der Waals surface area contributed by atoms with E-state index >= 15 is 0 Å². The minimum atomic E-state index is 0.483. The molecule has 2 aromatic rings. The summed E-state index contributed by atoms with van der Waals surface area (Å²) in [6.45, 7) is 5.27. The first-order chi connectivity index (χ1) is 9.24. The van der Waals surface area contributed by atoms with Gasteiger partial charge in [-0.05, 0) is 36.8 Å². The zero-order valence-corrected chi connectivity index (χ0v) is 12.3. The van der Waals surface area contributed by atoms with Crippen LogP contribution in [-0.2, 0) is 6.54 Å². The smallest absolute Gasteiger partial charge is 0.107 e. The Hall–Kier alpha value is -1.19. The topological polar surface area (TPSA) is 24.9 Å². The molecule has 2 atom stereocenters. The van der Waals surface area contributed by atoms with Gasteiger partial charge < -0.3 is 5.32 Å². The lowest BCUT2D eigenvalue weighted by Crippen LogP contribution is -2.25. The van der Waals surface area contributed by atoms with Crippen molar-refractivity contribution in [2.45, 2.75) is 45.2 Å². The van der Waals surface area contributed by atoms with Crippen LogP contribution in [0.4, 0.5) is 0 Å². The molecule has 0 spiro atoms. The summed E-state index contributed by atoms with van der Waals surface area (Å²) in [6.07, 6.45) is 2.49. The lowest BCUT2D eigenvalue weighted by Gasteiger charge is -2.30. The number of fused-ring (bicyclic) bond motifs is 1. The third-order valence-electron chi connectivity index (χ3n) is 3.96. The Morgan fingerprint density at radius 2 is 2.05 bits per heavy atom. The minimum absolute atomic E-state index is 0.483. The second-order valence-corrected chi connectivity index (χ2v) is 6.37. The van der Waals surface area contributed by atoms with Crippen LogP contribution in [0.3, 0.4) is 0 Å². The molecule has 19 heavy (non-hydrogen) atoms. The summed E-state index contributed by atoms with van der Waals surface area (Å²) in [5, 5.41) is 6.98. The molecule has 1 N–H and O–H groups in total. The second kappa shape index (κ2) is 5.43. The number of aromatic nitrogens is 1. The molecule has 0 amide bonds. The number of rotatable bonds is 3. The first kappa shape index (κ1) is 12.8. The number of nitrogens with one attached hydrogen (secondary N) is 1. The van der Waals surface area contributed by atoms with E-state index in [0.29, 0.717) is 12.0 Å². The van der Waals surface area contributed by atoms with Crippen LogP contribution in [-0.4, -0.2) is 4.98 Å². The molecule has 0 radical (unpaired) electrons. The molecule has 3 rings (SSSR count). The van der Waals surface area contributed by atoms with Gasteiger partial charge in [0.2, 0.25) is 0 Å². The van der Waals surface area contributed by atoms with Crippen molar-refractivity contribution < 1.29 is 0 Å². The van der Waals surface area contributed by atoms with Crippen LogP contribution in [0, 0.1) is 6.92 Å². The highest BCUT2D eigenvalue weighted by Crippen LogP contribution is 2.37. The third-order valence-corrected chi connectivity index (χ3v) is 4.92. The molecule has 2 unspecified atom stereocenters. The summed E-state index contributed by atoms with van der Waals surface area (Å²) in [4.78, 5) is 4.52. The molecule has 1 aromatic carbocycles. The molecule has 1 heterocycles. The SMILES string of the molecule is Cc1csc(CNC2CCC(C)c3ccccc32)n1. The van der Waals surface area contributed by atoms with Gasteiger partial charge >= 0.3 is 0 Å². The van der Waals surface area contributed by atoms with E-state index in [1.54, 1.807) is 11.3 Å².